The maximum atomic E-state index is 3.66. The van der Waals surface area contributed by atoms with Gasteiger partial charge in [0.05, 0.1) is 0 Å². The summed E-state index contributed by atoms with van der Waals surface area (Å²) in [5.41, 5.74) is 0. The van der Waals surface area contributed by atoms with Crippen molar-refractivity contribution in [3.63, 3.8) is 0 Å². The minimum Gasteiger partial charge on any atom is -0.315 e. The molecule has 2 fully saturated rings. The fourth-order valence-electron chi connectivity index (χ4n) is 3.50. The molecule has 1 N–H and O–H groups in total. The molecule has 1 aliphatic carbocycles. The van der Waals surface area contributed by atoms with Crippen LogP contribution < -0.4 is 5.32 Å². The second kappa shape index (κ2) is 8.92. The molecule has 0 atom stereocenters. The predicted octanol–water partition coefficient (Wildman–Crippen LogP) is 3.42. The zero-order chi connectivity index (χ0) is 12.5. The molecule has 1 heterocycles. The Hall–Kier alpha value is -0.0800. The van der Waals surface area contributed by atoms with E-state index >= 15 is 0 Å². The van der Waals surface area contributed by atoms with Crippen molar-refractivity contribution < 1.29 is 0 Å². The van der Waals surface area contributed by atoms with Gasteiger partial charge in [-0.05, 0) is 44.8 Å². The van der Waals surface area contributed by atoms with Gasteiger partial charge in [0.15, 0.2) is 0 Å². The minimum atomic E-state index is 1.02. The van der Waals surface area contributed by atoms with E-state index in [4.69, 9.17) is 0 Å². The van der Waals surface area contributed by atoms with Crippen molar-refractivity contribution in [2.75, 3.05) is 32.7 Å². The molecule has 0 aromatic heterocycles. The van der Waals surface area contributed by atoms with Crippen LogP contribution >= 0.6 is 0 Å². The van der Waals surface area contributed by atoms with Crippen LogP contribution in [0, 0.1) is 5.92 Å². The van der Waals surface area contributed by atoms with Crippen molar-refractivity contribution in [1.82, 2.24) is 10.2 Å². The Morgan fingerprint density at radius 2 is 1.44 bits per heavy atom. The lowest BCUT2D eigenvalue weighted by Crippen LogP contribution is -2.36. The smallest absolute Gasteiger partial charge is 0.0107 e. The van der Waals surface area contributed by atoms with E-state index in [0.29, 0.717) is 0 Å². The Bertz CT molecular complexity index is 191. The second-order valence-electron chi connectivity index (χ2n) is 6.30. The normalized spacial score (nSPS) is 24.0. The predicted molar refractivity (Wildman–Crippen MR) is 79.0 cm³/mol. The summed E-state index contributed by atoms with van der Waals surface area (Å²) in [5, 5.41) is 3.66. The molecule has 2 nitrogen and oxygen atoms in total. The summed E-state index contributed by atoms with van der Waals surface area (Å²) in [7, 11) is 0. The van der Waals surface area contributed by atoms with E-state index in [1.807, 2.05) is 0 Å². The van der Waals surface area contributed by atoms with Gasteiger partial charge in [0.2, 0.25) is 0 Å². The Morgan fingerprint density at radius 3 is 2.17 bits per heavy atom. The van der Waals surface area contributed by atoms with Gasteiger partial charge in [-0.1, -0.05) is 44.9 Å². The molecule has 0 unspecified atom stereocenters. The van der Waals surface area contributed by atoms with Crippen LogP contribution in [0.5, 0.6) is 0 Å². The molecule has 1 aliphatic heterocycles. The molecule has 0 amide bonds. The van der Waals surface area contributed by atoms with Gasteiger partial charge in [0.25, 0.3) is 0 Å². The van der Waals surface area contributed by atoms with Crippen LogP contribution in [0.25, 0.3) is 0 Å². The van der Waals surface area contributed by atoms with Crippen LogP contribution in [0.1, 0.15) is 64.2 Å². The Morgan fingerprint density at radius 1 is 0.778 bits per heavy atom. The first kappa shape index (κ1) is 14.3. The highest BCUT2D eigenvalue weighted by Crippen LogP contribution is 2.24. The molecule has 18 heavy (non-hydrogen) atoms. The van der Waals surface area contributed by atoms with E-state index < -0.39 is 0 Å². The van der Waals surface area contributed by atoms with Gasteiger partial charge in [-0.2, -0.15) is 0 Å². The number of hydrogen-bond acceptors (Lipinski definition) is 2. The molecule has 0 aromatic carbocycles. The number of piperidine rings is 1. The number of nitrogens with one attached hydrogen (secondary N) is 1. The van der Waals surface area contributed by atoms with E-state index in [2.05, 4.69) is 10.2 Å². The van der Waals surface area contributed by atoms with Crippen LogP contribution in [-0.4, -0.2) is 37.6 Å². The first-order valence-corrected chi connectivity index (χ1v) is 8.38. The van der Waals surface area contributed by atoms with E-state index in [-0.39, 0.29) is 0 Å². The quantitative estimate of drug-likeness (QED) is 0.575. The Kier molecular flexibility index (Phi) is 7.11. The van der Waals surface area contributed by atoms with E-state index in [1.165, 1.54) is 96.9 Å². The maximum Gasteiger partial charge on any atom is 0.0107 e. The topological polar surface area (TPSA) is 15.3 Å². The van der Waals surface area contributed by atoms with Crippen LogP contribution in [0.4, 0.5) is 0 Å². The minimum absolute atomic E-state index is 1.02. The van der Waals surface area contributed by atoms with E-state index in [9.17, 15) is 0 Å². The standard InChI is InChI=1S/C16H32N2/c1-2-5-9-16(8-4-1)10-11-17-12-15-18-13-6-3-7-14-18/h16-17H,1-15H2. The van der Waals surface area contributed by atoms with Crippen LogP contribution in [0.2, 0.25) is 0 Å². The first-order chi connectivity index (χ1) is 8.95. The van der Waals surface area contributed by atoms with Crippen LogP contribution in [0.15, 0.2) is 0 Å². The molecule has 106 valence electrons. The SMILES string of the molecule is C1CCCC(CCNCCN2CCCCC2)CC1. The van der Waals surface area contributed by atoms with Gasteiger partial charge in [0.1, 0.15) is 0 Å². The Balaban J connectivity index is 1.45. The Labute approximate surface area is 114 Å². The zero-order valence-electron chi connectivity index (χ0n) is 12.1. The molecule has 0 radical (unpaired) electrons. The third kappa shape index (κ3) is 5.71. The van der Waals surface area contributed by atoms with Crippen molar-refractivity contribution in [2.24, 2.45) is 5.92 Å². The van der Waals surface area contributed by atoms with Gasteiger partial charge in [-0.25, -0.2) is 0 Å². The molecular weight excluding hydrogens is 220 g/mol. The zero-order valence-corrected chi connectivity index (χ0v) is 12.1. The lowest BCUT2D eigenvalue weighted by atomic mass is 9.97. The van der Waals surface area contributed by atoms with Crippen molar-refractivity contribution in [3.05, 3.63) is 0 Å². The molecule has 2 aliphatic rings. The van der Waals surface area contributed by atoms with E-state index in [1.54, 1.807) is 0 Å². The molecule has 0 aromatic rings. The number of hydrogen-bond donors (Lipinski definition) is 1. The molecule has 1 saturated heterocycles. The fourth-order valence-corrected chi connectivity index (χ4v) is 3.50. The van der Waals surface area contributed by atoms with Gasteiger partial charge in [-0.15, -0.1) is 0 Å². The summed E-state index contributed by atoms with van der Waals surface area (Å²) in [6.45, 7) is 6.39. The molecule has 0 bridgehead atoms. The van der Waals surface area contributed by atoms with Crippen molar-refractivity contribution in [2.45, 2.75) is 64.2 Å². The third-order valence-electron chi connectivity index (χ3n) is 4.76. The summed E-state index contributed by atoms with van der Waals surface area (Å²) < 4.78 is 0. The van der Waals surface area contributed by atoms with Crippen molar-refractivity contribution in [1.29, 1.82) is 0 Å². The summed E-state index contributed by atoms with van der Waals surface area (Å²) in [6, 6.07) is 0. The lowest BCUT2D eigenvalue weighted by Gasteiger charge is -2.26. The largest absolute Gasteiger partial charge is 0.315 e. The average Bonchev–Trinajstić information content (AvgIpc) is 2.68. The highest BCUT2D eigenvalue weighted by atomic mass is 15.1. The summed E-state index contributed by atoms with van der Waals surface area (Å²) in [6.07, 6.45) is 14.6. The second-order valence-corrected chi connectivity index (χ2v) is 6.30. The molecule has 2 heteroatoms. The number of nitrogens with zero attached hydrogens (tertiary/aromatic N) is 1. The first-order valence-electron chi connectivity index (χ1n) is 8.38. The maximum absolute atomic E-state index is 3.66. The van der Waals surface area contributed by atoms with Crippen molar-refractivity contribution in [3.8, 4) is 0 Å². The fraction of sp³-hybridized carbons (Fsp3) is 1.00. The summed E-state index contributed by atoms with van der Waals surface area (Å²) >= 11 is 0. The van der Waals surface area contributed by atoms with Crippen LogP contribution in [-0.2, 0) is 0 Å². The van der Waals surface area contributed by atoms with Gasteiger partial charge < -0.3 is 10.2 Å². The van der Waals surface area contributed by atoms with Crippen molar-refractivity contribution >= 4 is 0 Å². The molecule has 2 rings (SSSR count). The summed E-state index contributed by atoms with van der Waals surface area (Å²) in [4.78, 5) is 2.63. The third-order valence-corrected chi connectivity index (χ3v) is 4.76. The molecule has 0 spiro atoms. The van der Waals surface area contributed by atoms with Gasteiger partial charge in [0, 0.05) is 13.1 Å². The lowest BCUT2D eigenvalue weighted by molar-refractivity contribution is 0.228. The van der Waals surface area contributed by atoms with Gasteiger partial charge >= 0.3 is 0 Å². The highest BCUT2D eigenvalue weighted by molar-refractivity contribution is 4.68. The van der Waals surface area contributed by atoms with Gasteiger partial charge in [-0.3, -0.25) is 0 Å². The molecular formula is C16H32N2. The van der Waals surface area contributed by atoms with Crippen LogP contribution in [0.3, 0.4) is 0 Å². The summed E-state index contributed by atoms with van der Waals surface area (Å²) in [5.74, 6) is 1.02. The molecule has 1 saturated carbocycles. The average molecular weight is 252 g/mol. The highest BCUT2D eigenvalue weighted by Gasteiger charge is 2.12. The van der Waals surface area contributed by atoms with E-state index in [0.717, 1.165) is 5.92 Å². The monoisotopic (exact) mass is 252 g/mol. The number of likely N-dealkylation sites (tertiary alicyclic amines) is 1. The number of rotatable bonds is 6.